The van der Waals surface area contributed by atoms with Gasteiger partial charge in [-0.3, -0.25) is 9.59 Å². The minimum Gasteiger partial charge on any atom is -0.508 e. The van der Waals surface area contributed by atoms with Crippen molar-refractivity contribution in [3.8, 4) is 5.75 Å². The highest BCUT2D eigenvalue weighted by molar-refractivity contribution is 6.34. The lowest BCUT2D eigenvalue weighted by Gasteiger charge is -2.15. The Balaban J connectivity index is 2.05. The molecule has 0 saturated heterocycles. The van der Waals surface area contributed by atoms with Crippen LogP contribution in [-0.2, 0) is 16.1 Å². The van der Waals surface area contributed by atoms with Crippen molar-refractivity contribution in [1.82, 2.24) is 10.6 Å². The first-order valence-corrected chi connectivity index (χ1v) is 8.68. The second kappa shape index (κ2) is 9.72. The summed E-state index contributed by atoms with van der Waals surface area (Å²) in [5, 5.41) is 14.6. The fraction of sp³-hybridized carbons (Fsp3) is 0.211. The first-order valence-electron chi connectivity index (χ1n) is 8.30. The quantitative estimate of drug-likeness (QED) is 0.512. The van der Waals surface area contributed by atoms with Crippen LogP contribution in [0, 0.1) is 0 Å². The summed E-state index contributed by atoms with van der Waals surface area (Å²) in [4.78, 5) is 36.1. The number of rotatable bonds is 7. The molecule has 0 bridgehead atoms. The fourth-order valence-corrected chi connectivity index (χ4v) is 2.65. The molecule has 2 aromatic rings. The van der Waals surface area contributed by atoms with E-state index in [2.05, 4.69) is 15.4 Å². The number of phenols is 1. The van der Waals surface area contributed by atoms with Crippen LogP contribution in [0.5, 0.6) is 5.75 Å². The van der Waals surface area contributed by atoms with Crippen molar-refractivity contribution in [1.29, 1.82) is 0 Å². The van der Waals surface area contributed by atoms with Gasteiger partial charge in [-0.15, -0.1) is 0 Å². The molecule has 2 rings (SSSR count). The number of hydrogen-bond donors (Lipinski definition) is 4. The van der Waals surface area contributed by atoms with Crippen molar-refractivity contribution < 1.29 is 24.2 Å². The summed E-state index contributed by atoms with van der Waals surface area (Å²) in [6, 6.07) is 9.67. The van der Waals surface area contributed by atoms with E-state index < -0.39 is 23.8 Å². The van der Waals surface area contributed by atoms with E-state index in [1.54, 1.807) is 12.1 Å². The number of hydrogen-bond acceptors (Lipinski definition) is 6. The van der Waals surface area contributed by atoms with Gasteiger partial charge in [0.05, 0.1) is 17.7 Å². The topological polar surface area (TPSA) is 131 Å². The molecule has 0 fully saturated rings. The maximum atomic E-state index is 12.3. The molecule has 28 heavy (non-hydrogen) atoms. The Labute approximate surface area is 166 Å². The van der Waals surface area contributed by atoms with Crippen molar-refractivity contribution in [2.24, 2.45) is 5.73 Å². The average Bonchev–Trinajstić information content (AvgIpc) is 2.69. The Morgan fingerprint density at radius 2 is 1.93 bits per heavy atom. The van der Waals surface area contributed by atoms with E-state index in [9.17, 15) is 19.5 Å². The summed E-state index contributed by atoms with van der Waals surface area (Å²) >= 11 is 6.13. The summed E-state index contributed by atoms with van der Waals surface area (Å²) in [5.41, 5.74) is 6.52. The molecule has 148 valence electrons. The zero-order valence-electron chi connectivity index (χ0n) is 15.1. The standard InChI is InChI=1S/C19H20ClN3O5/c1-28-19(27)16(9-21)23-18(26)14-6-5-12(8-15(14)20)17(25)22-10-11-3-2-4-13(24)7-11/h2-8,16,24H,9-10,21H2,1H3,(H,22,25)(H,23,26). The van der Waals surface area contributed by atoms with Crippen molar-refractivity contribution in [3.63, 3.8) is 0 Å². The van der Waals surface area contributed by atoms with Crippen molar-refractivity contribution in [2.75, 3.05) is 13.7 Å². The lowest BCUT2D eigenvalue weighted by molar-refractivity contribution is -0.142. The summed E-state index contributed by atoms with van der Waals surface area (Å²) in [7, 11) is 1.19. The van der Waals surface area contributed by atoms with Gasteiger partial charge in [0.15, 0.2) is 0 Å². The zero-order valence-corrected chi connectivity index (χ0v) is 15.8. The Bertz CT molecular complexity index is 888. The zero-order chi connectivity index (χ0) is 20.7. The SMILES string of the molecule is COC(=O)C(CN)NC(=O)c1ccc(C(=O)NCc2cccc(O)c2)cc1Cl. The highest BCUT2D eigenvalue weighted by Gasteiger charge is 2.22. The van der Waals surface area contributed by atoms with Crippen LogP contribution in [-0.4, -0.2) is 42.6 Å². The van der Waals surface area contributed by atoms with E-state index in [1.165, 1.54) is 37.4 Å². The van der Waals surface area contributed by atoms with Crippen LogP contribution in [0.25, 0.3) is 0 Å². The van der Waals surface area contributed by atoms with Gasteiger partial charge in [-0.2, -0.15) is 0 Å². The molecule has 0 heterocycles. The molecule has 0 spiro atoms. The third-order valence-corrected chi connectivity index (χ3v) is 4.18. The molecule has 2 amide bonds. The Hall–Kier alpha value is -3.10. The monoisotopic (exact) mass is 405 g/mol. The lowest BCUT2D eigenvalue weighted by Crippen LogP contribution is -2.46. The maximum absolute atomic E-state index is 12.3. The third kappa shape index (κ3) is 5.45. The first kappa shape index (κ1) is 21.2. The summed E-state index contributed by atoms with van der Waals surface area (Å²) in [6.07, 6.45) is 0. The highest BCUT2D eigenvalue weighted by atomic mass is 35.5. The predicted octanol–water partition coefficient (Wildman–Crippen LogP) is 1.21. The number of ether oxygens (including phenoxy) is 1. The second-order valence-electron chi connectivity index (χ2n) is 5.83. The molecule has 0 aliphatic carbocycles. The van der Waals surface area contributed by atoms with Gasteiger partial charge in [0, 0.05) is 18.7 Å². The number of nitrogens with one attached hydrogen (secondary N) is 2. The van der Waals surface area contributed by atoms with Gasteiger partial charge in [-0.05, 0) is 35.9 Å². The lowest BCUT2D eigenvalue weighted by atomic mass is 10.1. The number of amides is 2. The van der Waals surface area contributed by atoms with Crippen LogP contribution in [0.3, 0.4) is 0 Å². The third-order valence-electron chi connectivity index (χ3n) is 3.87. The smallest absolute Gasteiger partial charge is 0.329 e. The maximum Gasteiger partial charge on any atom is 0.329 e. The van der Waals surface area contributed by atoms with E-state index in [0.717, 1.165) is 5.56 Å². The molecule has 1 unspecified atom stereocenters. The molecule has 5 N–H and O–H groups in total. The number of carbonyl (C=O) groups excluding carboxylic acids is 3. The summed E-state index contributed by atoms with van der Waals surface area (Å²) < 4.78 is 4.56. The molecule has 0 aliphatic heterocycles. The number of aromatic hydroxyl groups is 1. The number of methoxy groups -OCH3 is 1. The van der Waals surface area contributed by atoms with E-state index in [4.69, 9.17) is 17.3 Å². The van der Waals surface area contributed by atoms with Crippen LogP contribution in [0.2, 0.25) is 5.02 Å². The van der Waals surface area contributed by atoms with Gasteiger partial charge >= 0.3 is 5.97 Å². The van der Waals surface area contributed by atoms with Gasteiger partial charge in [0.1, 0.15) is 11.8 Å². The van der Waals surface area contributed by atoms with Gasteiger partial charge in [-0.25, -0.2) is 4.79 Å². The normalized spacial score (nSPS) is 11.4. The number of benzene rings is 2. The Morgan fingerprint density at radius 1 is 1.18 bits per heavy atom. The van der Waals surface area contributed by atoms with Gasteiger partial charge in [-0.1, -0.05) is 23.7 Å². The predicted molar refractivity (Wildman–Crippen MR) is 103 cm³/mol. The van der Waals surface area contributed by atoms with E-state index in [0.29, 0.717) is 0 Å². The summed E-state index contributed by atoms with van der Waals surface area (Å²) in [6.45, 7) is 0.0793. The highest BCUT2D eigenvalue weighted by Crippen LogP contribution is 2.18. The van der Waals surface area contributed by atoms with Crippen LogP contribution >= 0.6 is 11.6 Å². The van der Waals surface area contributed by atoms with Crippen LogP contribution in [0.4, 0.5) is 0 Å². The Morgan fingerprint density at radius 3 is 2.54 bits per heavy atom. The number of esters is 1. The van der Waals surface area contributed by atoms with Crippen LogP contribution in [0.1, 0.15) is 26.3 Å². The molecule has 0 saturated carbocycles. The average molecular weight is 406 g/mol. The van der Waals surface area contributed by atoms with Crippen molar-refractivity contribution in [3.05, 3.63) is 64.2 Å². The van der Waals surface area contributed by atoms with Crippen molar-refractivity contribution >= 4 is 29.4 Å². The van der Waals surface area contributed by atoms with Crippen LogP contribution < -0.4 is 16.4 Å². The Kier molecular flexibility index (Phi) is 7.36. The number of carbonyl (C=O) groups is 3. The summed E-state index contributed by atoms with van der Waals surface area (Å²) in [5.74, 6) is -1.58. The molecule has 0 aromatic heterocycles. The minimum absolute atomic E-state index is 0.0446. The number of halogens is 1. The fourth-order valence-electron chi connectivity index (χ4n) is 2.38. The molecule has 2 aromatic carbocycles. The van der Waals surface area contributed by atoms with E-state index >= 15 is 0 Å². The van der Waals surface area contributed by atoms with Crippen molar-refractivity contribution in [2.45, 2.75) is 12.6 Å². The van der Waals surface area contributed by atoms with Crippen LogP contribution in [0.15, 0.2) is 42.5 Å². The van der Waals surface area contributed by atoms with Gasteiger partial charge < -0.3 is 26.2 Å². The van der Waals surface area contributed by atoms with E-state index in [1.807, 2.05) is 0 Å². The molecular weight excluding hydrogens is 386 g/mol. The second-order valence-corrected chi connectivity index (χ2v) is 6.24. The van der Waals surface area contributed by atoms with Gasteiger partial charge in [0.25, 0.3) is 11.8 Å². The molecular formula is C19H20ClN3O5. The largest absolute Gasteiger partial charge is 0.508 e. The number of phenolic OH excluding ortho intramolecular Hbond substituents is 1. The molecule has 8 nitrogen and oxygen atoms in total. The molecule has 1 atom stereocenters. The minimum atomic E-state index is -1.00. The first-order chi connectivity index (χ1) is 13.3. The van der Waals surface area contributed by atoms with Gasteiger partial charge in [0.2, 0.25) is 0 Å². The van der Waals surface area contributed by atoms with E-state index in [-0.39, 0.29) is 35.0 Å². The molecule has 0 radical (unpaired) electrons. The molecule has 0 aliphatic rings. The molecule has 9 heteroatoms. The number of nitrogens with two attached hydrogens (primary N) is 1.